The quantitative estimate of drug-likeness (QED) is 0.900. The number of rotatable bonds is 4. The second-order valence-corrected chi connectivity index (χ2v) is 8.20. The van der Waals surface area contributed by atoms with Crippen LogP contribution in [0.1, 0.15) is 18.7 Å². The minimum absolute atomic E-state index is 0.146. The van der Waals surface area contributed by atoms with Crippen LogP contribution >= 0.6 is 11.3 Å². The van der Waals surface area contributed by atoms with Crippen molar-refractivity contribution in [2.24, 2.45) is 0 Å². The Labute approximate surface area is 122 Å². The van der Waals surface area contributed by atoms with Crippen molar-refractivity contribution in [1.82, 2.24) is 4.31 Å². The number of carbonyl (C=O) groups is 1. The lowest BCUT2D eigenvalue weighted by atomic mass is 10.3. The van der Waals surface area contributed by atoms with Gasteiger partial charge >= 0.3 is 5.97 Å². The lowest BCUT2D eigenvalue weighted by molar-refractivity contribution is -0.136. The van der Waals surface area contributed by atoms with Gasteiger partial charge in [-0.3, -0.25) is 4.79 Å². The Hall–Kier alpha value is -0.960. The van der Waals surface area contributed by atoms with E-state index in [2.05, 4.69) is 0 Å². The minimum atomic E-state index is -3.56. The van der Waals surface area contributed by atoms with Gasteiger partial charge in [0.2, 0.25) is 0 Å². The Morgan fingerprint density at radius 3 is 2.55 bits per heavy atom. The molecular formula is C12H17NO5S2. The smallest absolute Gasteiger partial charge is 0.308 e. The molecule has 8 heteroatoms. The molecule has 0 spiro atoms. The number of hydrogen-bond donors (Lipinski definition) is 1. The Kier molecular flexibility index (Phi) is 4.48. The van der Waals surface area contributed by atoms with Crippen LogP contribution in [-0.4, -0.2) is 49.1 Å². The molecule has 1 aromatic rings. The lowest BCUT2D eigenvalue weighted by Gasteiger charge is -2.34. The number of morpholine rings is 1. The van der Waals surface area contributed by atoms with Crippen molar-refractivity contribution in [2.45, 2.75) is 36.7 Å². The largest absolute Gasteiger partial charge is 0.481 e. The summed E-state index contributed by atoms with van der Waals surface area (Å²) in [6, 6.07) is 3.03. The van der Waals surface area contributed by atoms with E-state index in [1.54, 1.807) is 6.07 Å². The number of carboxylic acid groups (broad SMARTS) is 1. The third kappa shape index (κ3) is 3.38. The summed E-state index contributed by atoms with van der Waals surface area (Å²) in [5.74, 6) is -0.968. The Morgan fingerprint density at radius 1 is 1.40 bits per heavy atom. The number of thiophene rings is 1. The van der Waals surface area contributed by atoms with E-state index in [1.807, 2.05) is 13.8 Å². The predicted octanol–water partition coefficient (Wildman–Crippen LogP) is 1.17. The van der Waals surface area contributed by atoms with Crippen molar-refractivity contribution in [3.8, 4) is 0 Å². The second-order valence-electron chi connectivity index (χ2n) is 4.87. The van der Waals surface area contributed by atoms with E-state index in [0.29, 0.717) is 18.0 Å². The number of ether oxygens (including phenoxy) is 1. The maximum absolute atomic E-state index is 12.5. The highest BCUT2D eigenvalue weighted by Crippen LogP contribution is 2.27. The number of carboxylic acids is 1. The number of hydrogen-bond acceptors (Lipinski definition) is 5. The molecule has 0 aromatic carbocycles. The van der Waals surface area contributed by atoms with Crippen molar-refractivity contribution in [1.29, 1.82) is 0 Å². The van der Waals surface area contributed by atoms with Crippen molar-refractivity contribution in [3.63, 3.8) is 0 Å². The fraction of sp³-hybridized carbons (Fsp3) is 0.583. The van der Waals surface area contributed by atoms with E-state index in [0.717, 1.165) is 11.3 Å². The molecule has 112 valence electrons. The van der Waals surface area contributed by atoms with Crippen LogP contribution in [-0.2, 0) is 26.0 Å². The van der Waals surface area contributed by atoms with Gasteiger partial charge in [-0.2, -0.15) is 4.31 Å². The zero-order valence-corrected chi connectivity index (χ0v) is 12.9. The molecule has 0 bridgehead atoms. The normalized spacial score (nSPS) is 24.7. The number of sulfonamides is 1. The molecule has 2 unspecified atom stereocenters. The molecule has 2 rings (SSSR count). The minimum Gasteiger partial charge on any atom is -0.481 e. The summed E-state index contributed by atoms with van der Waals surface area (Å²) in [6.07, 6.45) is -0.449. The molecule has 0 saturated carbocycles. The highest BCUT2D eigenvalue weighted by atomic mass is 32.2. The molecule has 2 heterocycles. The van der Waals surface area contributed by atoms with Crippen LogP contribution in [0.2, 0.25) is 0 Å². The molecule has 1 aliphatic heterocycles. The zero-order chi connectivity index (χ0) is 14.9. The van der Waals surface area contributed by atoms with Crippen LogP contribution in [0.5, 0.6) is 0 Å². The zero-order valence-electron chi connectivity index (χ0n) is 11.3. The van der Waals surface area contributed by atoms with Crippen molar-refractivity contribution in [2.75, 3.05) is 13.1 Å². The summed E-state index contributed by atoms with van der Waals surface area (Å²) in [4.78, 5) is 11.2. The monoisotopic (exact) mass is 319 g/mol. The Bertz CT molecular complexity index is 585. The van der Waals surface area contributed by atoms with Gasteiger partial charge in [0.25, 0.3) is 10.0 Å². The van der Waals surface area contributed by atoms with E-state index in [1.165, 1.54) is 10.4 Å². The van der Waals surface area contributed by atoms with E-state index >= 15 is 0 Å². The third-order valence-electron chi connectivity index (χ3n) is 2.94. The molecule has 6 nitrogen and oxygen atoms in total. The molecule has 1 saturated heterocycles. The Balaban J connectivity index is 2.21. The van der Waals surface area contributed by atoms with Gasteiger partial charge < -0.3 is 9.84 Å². The molecule has 1 aliphatic rings. The van der Waals surface area contributed by atoms with E-state index in [-0.39, 0.29) is 22.8 Å². The van der Waals surface area contributed by atoms with Crippen LogP contribution in [0.4, 0.5) is 0 Å². The molecule has 1 aromatic heterocycles. The van der Waals surface area contributed by atoms with Gasteiger partial charge in [0.1, 0.15) is 4.21 Å². The van der Waals surface area contributed by atoms with E-state index in [4.69, 9.17) is 9.84 Å². The first kappa shape index (κ1) is 15.4. The topological polar surface area (TPSA) is 83.9 Å². The van der Waals surface area contributed by atoms with Gasteiger partial charge in [-0.1, -0.05) is 0 Å². The fourth-order valence-corrected chi connectivity index (χ4v) is 5.29. The maximum atomic E-state index is 12.5. The van der Waals surface area contributed by atoms with Crippen molar-refractivity contribution < 1.29 is 23.1 Å². The standard InChI is InChI=1S/C12H17NO5S2/c1-8-6-13(7-9(2)18-8)20(16,17)12-4-3-10(19-12)5-11(14)15/h3-4,8-9H,5-7H2,1-2H3,(H,14,15). The highest BCUT2D eigenvalue weighted by molar-refractivity contribution is 7.91. The first-order valence-corrected chi connectivity index (χ1v) is 8.51. The highest BCUT2D eigenvalue weighted by Gasteiger charge is 2.33. The summed E-state index contributed by atoms with van der Waals surface area (Å²) in [5, 5.41) is 8.73. The average molecular weight is 319 g/mol. The average Bonchev–Trinajstić information content (AvgIpc) is 2.75. The summed E-state index contributed by atoms with van der Waals surface area (Å²) in [7, 11) is -3.56. The lowest BCUT2D eigenvalue weighted by Crippen LogP contribution is -2.47. The maximum Gasteiger partial charge on any atom is 0.308 e. The van der Waals surface area contributed by atoms with Crippen LogP contribution in [0, 0.1) is 0 Å². The SMILES string of the molecule is CC1CN(S(=O)(=O)c2ccc(CC(=O)O)s2)CC(C)O1. The Morgan fingerprint density at radius 2 is 2.00 bits per heavy atom. The predicted molar refractivity (Wildman–Crippen MR) is 74.4 cm³/mol. The third-order valence-corrected chi connectivity index (χ3v) is 6.33. The number of nitrogens with zero attached hydrogens (tertiary/aromatic N) is 1. The van der Waals surface area contributed by atoms with Crippen LogP contribution < -0.4 is 0 Å². The molecule has 1 fully saturated rings. The molecule has 20 heavy (non-hydrogen) atoms. The summed E-state index contributed by atoms with van der Waals surface area (Å²) >= 11 is 1.01. The van der Waals surface area contributed by atoms with Gasteiger partial charge in [-0.15, -0.1) is 11.3 Å². The van der Waals surface area contributed by atoms with Crippen LogP contribution in [0.25, 0.3) is 0 Å². The van der Waals surface area contributed by atoms with E-state index < -0.39 is 16.0 Å². The summed E-state index contributed by atoms with van der Waals surface area (Å²) < 4.78 is 32.1. The fourth-order valence-electron chi connectivity index (χ4n) is 2.20. The van der Waals surface area contributed by atoms with E-state index in [9.17, 15) is 13.2 Å². The van der Waals surface area contributed by atoms with Crippen LogP contribution in [0.3, 0.4) is 0 Å². The van der Waals surface area contributed by atoms with Gasteiger partial charge in [-0.25, -0.2) is 8.42 Å². The molecule has 2 atom stereocenters. The molecule has 0 amide bonds. The van der Waals surface area contributed by atoms with Gasteiger partial charge in [-0.05, 0) is 26.0 Å². The molecular weight excluding hydrogens is 302 g/mol. The van der Waals surface area contributed by atoms with Gasteiger partial charge in [0.05, 0.1) is 18.6 Å². The second kappa shape index (κ2) is 5.80. The van der Waals surface area contributed by atoms with Gasteiger partial charge in [0.15, 0.2) is 0 Å². The molecule has 0 radical (unpaired) electrons. The summed E-state index contributed by atoms with van der Waals surface area (Å²) in [5.41, 5.74) is 0. The molecule has 0 aliphatic carbocycles. The van der Waals surface area contributed by atoms with Gasteiger partial charge in [0, 0.05) is 18.0 Å². The first-order chi connectivity index (χ1) is 9.29. The summed E-state index contributed by atoms with van der Waals surface area (Å²) in [6.45, 7) is 4.31. The first-order valence-electron chi connectivity index (χ1n) is 6.25. The number of aliphatic carboxylic acids is 1. The van der Waals surface area contributed by atoms with Crippen molar-refractivity contribution in [3.05, 3.63) is 17.0 Å². The van der Waals surface area contributed by atoms with Crippen molar-refractivity contribution >= 4 is 27.3 Å². The molecule has 1 N–H and O–H groups in total. The van der Waals surface area contributed by atoms with Crippen LogP contribution in [0.15, 0.2) is 16.3 Å².